The number of hydrogen-bond donors (Lipinski definition) is 2. The zero-order valence-electron chi connectivity index (χ0n) is 18.7. The van der Waals surface area contributed by atoms with Crippen LogP contribution in [0.2, 0.25) is 10.0 Å². The van der Waals surface area contributed by atoms with E-state index in [1.54, 1.807) is 6.20 Å². The van der Waals surface area contributed by atoms with Gasteiger partial charge in [-0.15, -0.1) is 0 Å². The Bertz CT molecular complexity index is 1200. The van der Waals surface area contributed by atoms with Crippen molar-refractivity contribution in [2.24, 2.45) is 5.41 Å². The molecule has 2 aliphatic rings. The highest BCUT2D eigenvalue weighted by Gasteiger charge is 2.43. The van der Waals surface area contributed by atoms with Crippen LogP contribution in [0.15, 0.2) is 48.8 Å². The summed E-state index contributed by atoms with van der Waals surface area (Å²) in [5.74, 6) is 0.787. The second kappa shape index (κ2) is 8.67. The van der Waals surface area contributed by atoms with Gasteiger partial charge >= 0.3 is 0 Å². The maximum Gasteiger partial charge on any atom is 0.270 e. The molecule has 1 saturated heterocycles. The predicted molar refractivity (Wildman–Crippen MR) is 133 cm³/mol. The number of fused-ring (bicyclic) bond motifs is 1. The first-order valence-electron chi connectivity index (χ1n) is 11.2. The maximum absolute atomic E-state index is 13.7. The normalized spacial score (nSPS) is 17.1. The van der Waals surface area contributed by atoms with Crippen LogP contribution in [0.25, 0.3) is 11.1 Å². The maximum atomic E-state index is 13.7. The molecule has 1 amide bonds. The fourth-order valence-electron chi connectivity index (χ4n) is 4.74. The smallest absolute Gasteiger partial charge is 0.270 e. The number of carbonyl (C=O) groups excluding carboxylic acids is 1. The zero-order chi connectivity index (χ0) is 23.2. The summed E-state index contributed by atoms with van der Waals surface area (Å²) in [4.78, 5) is 20.0. The van der Waals surface area contributed by atoms with Gasteiger partial charge in [0.05, 0.1) is 5.02 Å². The summed E-state index contributed by atoms with van der Waals surface area (Å²) in [6, 6.07) is 11.9. The molecule has 6 nitrogen and oxygen atoms in total. The molecule has 0 unspecified atom stereocenters. The molecule has 2 aromatic heterocycles. The van der Waals surface area contributed by atoms with Gasteiger partial charge < -0.3 is 20.1 Å². The summed E-state index contributed by atoms with van der Waals surface area (Å²) >= 11 is 12.7. The standard InChI is InChI=1S/C25H27Cl2N5O/c1-16(2)30-23-8-20(21(27)9-29-23)18-7-22-24(33)32(10-17-4-3-5-19(26)6-17)15-25(12-28-13-25)14-31(22)11-18/h3-9,11,16,28H,10,12-15H2,1-2H3,(H,29,30). The number of aromatic nitrogens is 2. The minimum absolute atomic E-state index is 0.0160. The minimum atomic E-state index is 0.0160. The van der Waals surface area contributed by atoms with Gasteiger partial charge in [0.1, 0.15) is 11.5 Å². The van der Waals surface area contributed by atoms with Gasteiger partial charge in [-0.2, -0.15) is 0 Å². The van der Waals surface area contributed by atoms with E-state index in [1.165, 1.54) is 0 Å². The predicted octanol–water partition coefficient (Wildman–Crippen LogP) is 4.92. The Kier molecular flexibility index (Phi) is 5.85. The van der Waals surface area contributed by atoms with Crippen molar-refractivity contribution in [3.05, 3.63) is 70.1 Å². The van der Waals surface area contributed by atoms with Crippen molar-refractivity contribution in [1.82, 2.24) is 19.8 Å². The van der Waals surface area contributed by atoms with Crippen molar-refractivity contribution in [3.8, 4) is 11.1 Å². The fourth-order valence-corrected chi connectivity index (χ4v) is 5.16. The molecule has 5 rings (SSSR count). The van der Waals surface area contributed by atoms with E-state index >= 15 is 0 Å². The molecule has 1 aromatic carbocycles. The van der Waals surface area contributed by atoms with Gasteiger partial charge in [-0.3, -0.25) is 4.79 Å². The van der Waals surface area contributed by atoms with E-state index in [0.29, 0.717) is 28.8 Å². The van der Waals surface area contributed by atoms with E-state index < -0.39 is 0 Å². The molecule has 0 atom stereocenters. The molecule has 1 spiro atoms. The number of carbonyl (C=O) groups is 1. The minimum Gasteiger partial charge on any atom is -0.368 e. The van der Waals surface area contributed by atoms with Crippen LogP contribution in [0, 0.1) is 5.41 Å². The molecule has 2 aliphatic heterocycles. The van der Waals surface area contributed by atoms with Gasteiger partial charge in [-0.05, 0) is 43.7 Å². The van der Waals surface area contributed by atoms with E-state index in [-0.39, 0.29) is 17.4 Å². The Morgan fingerprint density at radius 3 is 2.70 bits per heavy atom. The molecular weight excluding hydrogens is 457 g/mol. The third kappa shape index (κ3) is 4.47. The molecule has 0 bridgehead atoms. The van der Waals surface area contributed by atoms with Gasteiger partial charge in [0.2, 0.25) is 0 Å². The molecular formula is C25H27Cl2N5O. The van der Waals surface area contributed by atoms with E-state index in [9.17, 15) is 4.79 Å². The molecule has 1 fully saturated rings. The third-order valence-corrected chi connectivity index (χ3v) is 6.84. The van der Waals surface area contributed by atoms with E-state index in [2.05, 4.69) is 40.2 Å². The summed E-state index contributed by atoms with van der Waals surface area (Å²) in [6.45, 7) is 7.93. The lowest BCUT2D eigenvalue weighted by Gasteiger charge is -2.44. The Hall–Kier alpha value is -2.54. The lowest BCUT2D eigenvalue weighted by Crippen LogP contribution is -2.60. The number of amides is 1. The number of benzene rings is 1. The van der Waals surface area contributed by atoms with Crippen LogP contribution in [0.1, 0.15) is 29.9 Å². The van der Waals surface area contributed by atoms with Crippen LogP contribution < -0.4 is 10.6 Å². The third-order valence-electron chi connectivity index (χ3n) is 6.30. The molecule has 0 radical (unpaired) electrons. The Morgan fingerprint density at radius 1 is 1.18 bits per heavy atom. The lowest BCUT2D eigenvalue weighted by atomic mass is 9.81. The fraction of sp³-hybridized carbons (Fsp3) is 0.360. The van der Waals surface area contributed by atoms with E-state index in [0.717, 1.165) is 42.1 Å². The average Bonchev–Trinajstić information content (AvgIpc) is 3.10. The van der Waals surface area contributed by atoms with Crippen molar-refractivity contribution < 1.29 is 4.79 Å². The van der Waals surface area contributed by atoms with Crippen molar-refractivity contribution in [2.75, 3.05) is 25.0 Å². The number of halogens is 2. The highest BCUT2D eigenvalue weighted by molar-refractivity contribution is 6.33. The molecule has 3 aromatic rings. The van der Waals surface area contributed by atoms with Crippen LogP contribution in [0.4, 0.5) is 5.82 Å². The first-order valence-corrected chi connectivity index (χ1v) is 11.9. The Labute approximate surface area is 203 Å². The van der Waals surface area contributed by atoms with Gasteiger partial charge in [0, 0.05) is 72.7 Å². The molecule has 2 N–H and O–H groups in total. The molecule has 33 heavy (non-hydrogen) atoms. The van der Waals surface area contributed by atoms with Crippen LogP contribution in [-0.2, 0) is 13.1 Å². The summed E-state index contributed by atoms with van der Waals surface area (Å²) in [7, 11) is 0. The summed E-state index contributed by atoms with van der Waals surface area (Å²) in [6.07, 6.45) is 3.71. The van der Waals surface area contributed by atoms with Gasteiger partial charge in [-0.1, -0.05) is 35.3 Å². The number of pyridine rings is 1. The number of anilines is 1. The van der Waals surface area contributed by atoms with Crippen LogP contribution in [0.3, 0.4) is 0 Å². The zero-order valence-corrected chi connectivity index (χ0v) is 20.2. The van der Waals surface area contributed by atoms with Crippen molar-refractivity contribution in [1.29, 1.82) is 0 Å². The monoisotopic (exact) mass is 483 g/mol. The van der Waals surface area contributed by atoms with Gasteiger partial charge in [-0.25, -0.2) is 4.98 Å². The van der Waals surface area contributed by atoms with Crippen LogP contribution in [0.5, 0.6) is 0 Å². The number of hydrogen-bond acceptors (Lipinski definition) is 4. The number of nitrogens with zero attached hydrogens (tertiary/aromatic N) is 3. The topological polar surface area (TPSA) is 62.2 Å². The molecule has 8 heteroatoms. The second-order valence-corrected chi connectivity index (χ2v) is 10.3. The van der Waals surface area contributed by atoms with Crippen LogP contribution in [-0.4, -0.2) is 46.0 Å². The Balaban J connectivity index is 1.52. The number of rotatable bonds is 5. The van der Waals surface area contributed by atoms with Gasteiger partial charge in [0.25, 0.3) is 5.91 Å². The number of nitrogens with one attached hydrogen (secondary N) is 2. The average molecular weight is 484 g/mol. The first-order chi connectivity index (χ1) is 15.8. The summed E-state index contributed by atoms with van der Waals surface area (Å²) in [5.41, 5.74) is 3.51. The van der Waals surface area contributed by atoms with Crippen molar-refractivity contribution in [3.63, 3.8) is 0 Å². The van der Waals surface area contributed by atoms with Crippen molar-refractivity contribution in [2.45, 2.75) is 33.0 Å². The molecule has 0 saturated carbocycles. The molecule has 0 aliphatic carbocycles. The van der Waals surface area contributed by atoms with Crippen LogP contribution >= 0.6 is 23.2 Å². The molecule has 4 heterocycles. The van der Waals surface area contributed by atoms with Crippen molar-refractivity contribution >= 4 is 34.9 Å². The second-order valence-electron chi connectivity index (χ2n) is 9.49. The van der Waals surface area contributed by atoms with E-state index in [1.807, 2.05) is 41.3 Å². The highest BCUT2D eigenvalue weighted by atomic mass is 35.5. The largest absolute Gasteiger partial charge is 0.368 e. The Morgan fingerprint density at radius 2 is 2.00 bits per heavy atom. The van der Waals surface area contributed by atoms with E-state index in [4.69, 9.17) is 23.2 Å². The quantitative estimate of drug-likeness (QED) is 0.540. The van der Waals surface area contributed by atoms with Gasteiger partial charge in [0.15, 0.2) is 0 Å². The summed E-state index contributed by atoms with van der Waals surface area (Å²) < 4.78 is 2.10. The summed E-state index contributed by atoms with van der Waals surface area (Å²) in [5, 5.41) is 7.97. The SMILES string of the molecule is CC(C)Nc1cc(-c2cc3n(c2)CC2(CNC2)CN(Cc2cccc(Cl)c2)C3=O)c(Cl)cn1. The lowest BCUT2D eigenvalue weighted by molar-refractivity contribution is 0.0546. The molecule has 172 valence electrons. The first kappa shape index (κ1) is 22.3. The highest BCUT2D eigenvalue weighted by Crippen LogP contribution is 2.36.